The molecular weight excluding hydrogens is 256 g/mol. The maximum Gasteiger partial charge on any atom is 0.307 e. The van der Waals surface area contributed by atoms with Crippen LogP contribution in [0, 0.1) is 24.7 Å². The van der Waals surface area contributed by atoms with Crippen LogP contribution >= 0.6 is 0 Å². The number of nitrogens with one attached hydrogen (secondary N) is 1. The molecule has 0 bridgehead atoms. The van der Waals surface area contributed by atoms with Gasteiger partial charge in [-0.3, -0.25) is 14.6 Å². The molecule has 108 valence electrons. The lowest BCUT2D eigenvalue weighted by Gasteiger charge is -2.15. The van der Waals surface area contributed by atoms with Crippen molar-refractivity contribution in [3.05, 3.63) is 29.6 Å². The van der Waals surface area contributed by atoms with Crippen LogP contribution < -0.4 is 5.32 Å². The first-order valence-corrected chi connectivity index (χ1v) is 6.89. The van der Waals surface area contributed by atoms with Gasteiger partial charge in [0, 0.05) is 18.4 Å². The fourth-order valence-corrected chi connectivity index (χ4v) is 2.78. The third-order valence-corrected chi connectivity index (χ3v) is 3.89. The highest BCUT2D eigenvalue weighted by atomic mass is 16.4. The Labute approximate surface area is 118 Å². The molecule has 0 saturated heterocycles. The number of carbonyl (C=O) groups is 2. The van der Waals surface area contributed by atoms with Crippen molar-refractivity contribution in [2.45, 2.75) is 33.2 Å². The molecular formula is C15H20N2O3. The molecule has 1 aromatic rings. The number of carboxylic acids is 1. The van der Waals surface area contributed by atoms with E-state index in [0.717, 1.165) is 11.3 Å². The smallest absolute Gasteiger partial charge is 0.307 e. The Morgan fingerprint density at radius 2 is 2.05 bits per heavy atom. The second-order valence-electron chi connectivity index (χ2n) is 5.65. The van der Waals surface area contributed by atoms with E-state index in [0.29, 0.717) is 19.4 Å². The maximum atomic E-state index is 12.2. The van der Waals surface area contributed by atoms with Crippen molar-refractivity contribution in [1.29, 1.82) is 0 Å². The average molecular weight is 276 g/mol. The summed E-state index contributed by atoms with van der Waals surface area (Å²) in [6.45, 7) is 4.29. The summed E-state index contributed by atoms with van der Waals surface area (Å²) in [7, 11) is 0. The lowest BCUT2D eigenvalue weighted by molar-refractivity contribution is -0.146. The molecule has 3 atom stereocenters. The zero-order valence-corrected chi connectivity index (χ0v) is 11.8. The summed E-state index contributed by atoms with van der Waals surface area (Å²) >= 11 is 0. The Morgan fingerprint density at radius 1 is 1.35 bits per heavy atom. The van der Waals surface area contributed by atoms with Crippen LogP contribution in [0.3, 0.4) is 0 Å². The molecule has 5 nitrogen and oxygen atoms in total. The molecule has 1 fully saturated rings. The van der Waals surface area contributed by atoms with Gasteiger partial charge >= 0.3 is 5.97 Å². The molecule has 1 aliphatic carbocycles. The number of hydrogen-bond acceptors (Lipinski definition) is 3. The van der Waals surface area contributed by atoms with E-state index in [1.165, 1.54) is 0 Å². The number of rotatable bonds is 4. The SMILES string of the molecule is Cc1ccc(CNC(=O)[C@H]2CC(C)C[C@H]2C(=O)O)cn1. The third kappa shape index (κ3) is 3.35. The van der Waals surface area contributed by atoms with Gasteiger partial charge in [0.15, 0.2) is 0 Å². The van der Waals surface area contributed by atoms with Crippen LogP contribution in [0.4, 0.5) is 0 Å². The average Bonchev–Trinajstić information content (AvgIpc) is 2.80. The second-order valence-corrected chi connectivity index (χ2v) is 5.65. The van der Waals surface area contributed by atoms with Gasteiger partial charge in [-0.15, -0.1) is 0 Å². The van der Waals surface area contributed by atoms with Crippen molar-refractivity contribution in [3.63, 3.8) is 0 Å². The number of nitrogens with zero attached hydrogens (tertiary/aromatic N) is 1. The van der Waals surface area contributed by atoms with E-state index in [-0.39, 0.29) is 11.8 Å². The van der Waals surface area contributed by atoms with E-state index in [2.05, 4.69) is 10.3 Å². The van der Waals surface area contributed by atoms with Crippen LogP contribution in [-0.4, -0.2) is 22.0 Å². The first-order chi connectivity index (χ1) is 9.47. The molecule has 1 saturated carbocycles. The minimum Gasteiger partial charge on any atom is -0.481 e. The van der Waals surface area contributed by atoms with Crippen molar-refractivity contribution in [3.8, 4) is 0 Å². The number of hydrogen-bond donors (Lipinski definition) is 2. The lowest BCUT2D eigenvalue weighted by Crippen LogP contribution is -2.34. The molecule has 1 amide bonds. The molecule has 2 N–H and O–H groups in total. The normalized spacial score (nSPS) is 25.4. The summed E-state index contributed by atoms with van der Waals surface area (Å²) in [5.41, 5.74) is 1.84. The predicted octanol–water partition coefficient (Wildman–Crippen LogP) is 1.75. The standard InChI is InChI=1S/C15H20N2O3/c1-9-5-12(13(6-9)15(19)20)14(18)17-8-11-4-3-10(2)16-7-11/h3-4,7,9,12-13H,5-6,8H2,1-2H3,(H,17,18)(H,19,20)/t9?,12-,13+/m0/s1. The molecule has 2 rings (SSSR count). The van der Waals surface area contributed by atoms with Gasteiger partial charge in [0.25, 0.3) is 0 Å². The molecule has 0 aliphatic heterocycles. The number of carbonyl (C=O) groups excluding carboxylic acids is 1. The van der Waals surface area contributed by atoms with Gasteiger partial charge in [-0.1, -0.05) is 13.0 Å². The van der Waals surface area contributed by atoms with E-state index >= 15 is 0 Å². The van der Waals surface area contributed by atoms with Crippen LogP contribution in [0.5, 0.6) is 0 Å². The summed E-state index contributed by atoms with van der Waals surface area (Å²) < 4.78 is 0. The van der Waals surface area contributed by atoms with E-state index in [1.54, 1.807) is 6.20 Å². The van der Waals surface area contributed by atoms with Crippen molar-refractivity contribution in [2.24, 2.45) is 17.8 Å². The zero-order chi connectivity index (χ0) is 14.7. The van der Waals surface area contributed by atoms with E-state index in [4.69, 9.17) is 0 Å². The number of aryl methyl sites for hydroxylation is 1. The van der Waals surface area contributed by atoms with Crippen molar-refractivity contribution in [2.75, 3.05) is 0 Å². The van der Waals surface area contributed by atoms with Crippen LogP contribution in [0.2, 0.25) is 0 Å². The topological polar surface area (TPSA) is 79.3 Å². The Bertz CT molecular complexity index is 498. The van der Waals surface area contributed by atoms with Crippen LogP contribution in [-0.2, 0) is 16.1 Å². The highest BCUT2D eigenvalue weighted by Crippen LogP contribution is 2.36. The van der Waals surface area contributed by atoms with Gasteiger partial charge in [0.05, 0.1) is 11.8 Å². The molecule has 20 heavy (non-hydrogen) atoms. The molecule has 1 unspecified atom stereocenters. The molecule has 1 aromatic heterocycles. The Morgan fingerprint density at radius 3 is 2.65 bits per heavy atom. The van der Waals surface area contributed by atoms with Crippen molar-refractivity contribution >= 4 is 11.9 Å². The van der Waals surface area contributed by atoms with Gasteiger partial charge in [0.1, 0.15) is 0 Å². The summed E-state index contributed by atoms with van der Waals surface area (Å²) in [5, 5.41) is 12.0. The summed E-state index contributed by atoms with van der Waals surface area (Å²) in [4.78, 5) is 27.5. The largest absolute Gasteiger partial charge is 0.481 e. The van der Waals surface area contributed by atoms with Crippen molar-refractivity contribution < 1.29 is 14.7 Å². The predicted molar refractivity (Wildman–Crippen MR) is 73.8 cm³/mol. The second kappa shape index (κ2) is 6.03. The minimum absolute atomic E-state index is 0.165. The van der Waals surface area contributed by atoms with Gasteiger partial charge in [-0.05, 0) is 37.3 Å². The molecule has 1 heterocycles. The van der Waals surface area contributed by atoms with Gasteiger partial charge in [0.2, 0.25) is 5.91 Å². The van der Waals surface area contributed by atoms with Crippen LogP contribution in [0.15, 0.2) is 18.3 Å². The molecule has 1 aliphatic rings. The molecule has 0 aromatic carbocycles. The monoisotopic (exact) mass is 276 g/mol. The molecule has 0 spiro atoms. The highest BCUT2D eigenvalue weighted by molar-refractivity contribution is 5.85. The van der Waals surface area contributed by atoms with Gasteiger partial charge < -0.3 is 10.4 Å². The molecule has 0 radical (unpaired) electrons. The fraction of sp³-hybridized carbons (Fsp3) is 0.533. The first kappa shape index (κ1) is 14.5. The van der Waals surface area contributed by atoms with Gasteiger partial charge in [-0.25, -0.2) is 0 Å². The summed E-state index contributed by atoms with van der Waals surface area (Å²) in [6.07, 6.45) is 2.95. The Hall–Kier alpha value is -1.91. The van der Waals surface area contributed by atoms with E-state index in [1.807, 2.05) is 26.0 Å². The zero-order valence-electron chi connectivity index (χ0n) is 11.8. The fourth-order valence-electron chi connectivity index (χ4n) is 2.78. The highest BCUT2D eigenvalue weighted by Gasteiger charge is 2.40. The lowest BCUT2D eigenvalue weighted by atomic mass is 9.95. The first-order valence-electron chi connectivity index (χ1n) is 6.89. The van der Waals surface area contributed by atoms with E-state index < -0.39 is 17.8 Å². The van der Waals surface area contributed by atoms with Crippen LogP contribution in [0.1, 0.15) is 31.0 Å². The number of aromatic nitrogens is 1. The molecule has 5 heteroatoms. The number of carboxylic acid groups (broad SMARTS) is 1. The summed E-state index contributed by atoms with van der Waals surface area (Å²) in [6, 6.07) is 3.80. The Kier molecular flexibility index (Phi) is 4.37. The minimum atomic E-state index is -0.869. The summed E-state index contributed by atoms with van der Waals surface area (Å²) in [5.74, 6) is -1.72. The van der Waals surface area contributed by atoms with Gasteiger partial charge in [-0.2, -0.15) is 0 Å². The third-order valence-electron chi connectivity index (χ3n) is 3.89. The number of aliphatic carboxylic acids is 1. The Balaban J connectivity index is 1.94. The number of pyridine rings is 1. The van der Waals surface area contributed by atoms with Crippen LogP contribution in [0.25, 0.3) is 0 Å². The quantitative estimate of drug-likeness (QED) is 0.878. The van der Waals surface area contributed by atoms with E-state index in [9.17, 15) is 14.7 Å². The van der Waals surface area contributed by atoms with Crippen molar-refractivity contribution in [1.82, 2.24) is 10.3 Å². The maximum absolute atomic E-state index is 12.2. The number of amides is 1.